The number of fused-ring (bicyclic) bond motifs is 1. The van der Waals surface area contributed by atoms with Crippen LogP contribution in [-0.4, -0.2) is 32.1 Å². The van der Waals surface area contributed by atoms with E-state index in [2.05, 4.69) is 29.4 Å². The third kappa shape index (κ3) is 5.03. The number of carbonyl (C=O) groups is 1. The molecule has 4 nitrogen and oxygen atoms in total. The van der Waals surface area contributed by atoms with Gasteiger partial charge in [-0.15, -0.1) is 0 Å². The number of rotatable bonds is 9. The van der Waals surface area contributed by atoms with Gasteiger partial charge in [-0.05, 0) is 36.4 Å². The molecule has 0 heterocycles. The first-order valence-electron chi connectivity index (χ1n) is 9.87. The number of ether oxygens (including phenoxy) is 1. The molecule has 0 radical (unpaired) electrons. The number of para-hydroxylation sites is 1. The predicted octanol–water partition coefficient (Wildman–Crippen LogP) is 4.64. The number of carbonyl (C=O) groups excluding carboxylic acids is 1. The van der Waals surface area contributed by atoms with E-state index in [-0.39, 0.29) is 5.91 Å². The SMILES string of the molecule is CC[C@@H](Oc1cccc2ccccc12)C(=O)NCCCN(C)c1ccccc1. The van der Waals surface area contributed by atoms with E-state index in [1.807, 2.05) is 67.6 Å². The third-order valence-electron chi connectivity index (χ3n) is 4.85. The topological polar surface area (TPSA) is 41.6 Å². The van der Waals surface area contributed by atoms with E-state index in [9.17, 15) is 4.79 Å². The first kappa shape index (κ1) is 19.7. The normalized spacial score (nSPS) is 11.8. The highest BCUT2D eigenvalue weighted by Crippen LogP contribution is 2.26. The van der Waals surface area contributed by atoms with Crippen LogP contribution in [0.4, 0.5) is 5.69 Å². The summed E-state index contributed by atoms with van der Waals surface area (Å²) in [5.74, 6) is 0.696. The van der Waals surface area contributed by atoms with Gasteiger partial charge >= 0.3 is 0 Å². The molecular formula is C24H28N2O2. The van der Waals surface area contributed by atoms with E-state index in [1.54, 1.807) is 0 Å². The Balaban J connectivity index is 1.51. The van der Waals surface area contributed by atoms with Gasteiger partial charge < -0.3 is 15.0 Å². The first-order chi connectivity index (χ1) is 13.7. The van der Waals surface area contributed by atoms with Gasteiger partial charge in [-0.1, -0.05) is 61.5 Å². The third-order valence-corrected chi connectivity index (χ3v) is 4.85. The zero-order valence-corrected chi connectivity index (χ0v) is 16.6. The Morgan fingerprint density at radius 1 is 1.00 bits per heavy atom. The van der Waals surface area contributed by atoms with Crippen molar-refractivity contribution in [2.24, 2.45) is 0 Å². The zero-order chi connectivity index (χ0) is 19.8. The monoisotopic (exact) mass is 376 g/mol. The highest BCUT2D eigenvalue weighted by Gasteiger charge is 2.18. The lowest BCUT2D eigenvalue weighted by Crippen LogP contribution is -2.39. The van der Waals surface area contributed by atoms with E-state index in [0.29, 0.717) is 13.0 Å². The molecule has 0 fully saturated rings. The van der Waals surface area contributed by atoms with Crippen LogP contribution in [-0.2, 0) is 4.79 Å². The van der Waals surface area contributed by atoms with Gasteiger partial charge in [0.1, 0.15) is 5.75 Å². The second kappa shape index (κ2) is 9.79. The summed E-state index contributed by atoms with van der Waals surface area (Å²) < 4.78 is 6.06. The Labute approximate surface area is 167 Å². The Morgan fingerprint density at radius 2 is 1.71 bits per heavy atom. The fourth-order valence-electron chi connectivity index (χ4n) is 3.23. The largest absolute Gasteiger partial charge is 0.480 e. The molecule has 0 spiro atoms. The fourth-order valence-corrected chi connectivity index (χ4v) is 3.23. The number of anilines is 1. The highest BCUT2D eigenvalue weighted by molar-refractivity contribution is 5.89. The van der Waals surface area contributed by atoms with Crippen LogP contribution in [0.15, 0.2) is 72.8 Å². The molecule has 0 aromatic heterocycles. The van der Waals surface area contributed by atoms with Crippen LogP contribution in [0, 0.1) is 0 Å². The molecule has 0 aliphatic rings. The summed E-state index contributed by atoms with van der Waals surface area (Å²) in [6, 6.07) is 24.2. The van der Waals surface area contributed by atoms with Crippen molar-refractivity contribution in [1.29, 1.82) is 0 Å². The summed E-state index contributed by atoms with van der Waals surface area (Å²) in [7, 11) is 2.07. The molecule has 0 saturated heterocycles. The lowest BCUT2D eigenvalue weighted by molar-refractivity contribution is -0.128. The second-order valence-corrected chi connectivity index (χ2v) is 6.89. The van der Waals surface area contributed by atoms with Gasteiger partial charge in [0, 0.05) is 31.2 Å². The molecule has 0 bridgehead atoms. The maximum Gasteiger partial charge on any atom is 0.261 e. The molecule has 3 aromatic carbocycles. The van der Waals surface area contributed by atoms with Crippen LogP contribution in [0.2, 0.25) is 0 Å². The fraction of sp³-hybridized carbons (Fsp3) is 0.292. The first-order valence-corrected chi connectivity index (χ1v) is 9.87. The minimum absolute atomic E-state index is 0.0576. The minimum atomic E-state index is -0.488. The van der Waals surface area contributed by atoms with Gasteiger partial charge in [-0.3, -0.25) is 4.79 Å². The molecule has 0 saturated carbocycles. The van der Waals surface area contributed by atoms with Crippen LogP contribution in [0.5, 0.6) is 5.75 Å². The molecule has 3 rings (SSSR count). The number of amides is 1. The van der Waals surface area contributed by atoms with Gasteiger partial charge in [-0.2, -0.15) is 0 Å². The molecule has 1 N–H and O–H groups in total. The average molecular weight is 377 g/mol. The summed E-state index contributed by atoms with van der Waals surface area (Å²) in [5, 5.41) is 5.16. The Bertz CT molecular complexity index is 890. The highest BCUT2D eigenvalue weighted by atomic mass is 16.5. The van der Waals surface area contributed by atoms with Crippen molar-refractivity contribution < 1.29 is 9.53 Å². The van der Waals surface area contributed by atoms with Crippen LogP contribution in [0.25, 0.3) is 10.8 Å². The van der Waals surface area contributed by atoms with Gasteiger partial charge in [0.25, 0.3) is 5.91 Å². The Kier molecular flexibility index (Phi) is 6.90. The van der Waals surface area contributed by atoms with Crippen molar-refractivity contribution in [2.75, 3.05) is 25.0 Å². The van der Waals surface area contributed by atoms with Crippen molar-refractivity contribution in [1.82, 2.24) is 5.32 Å². The van der Waals surface area contributed by atoms with Crippen molar-refractivity contribution in [3.05, 3.63) is 72.8 Å². The van der Waals surface area contributed by atoms with Crippen molar-refractivity contribution in [3.8, 4) is 5.75 Å². The number of benzene rings is 3. The van der Waals surface area contributed by atoms with Crippen LogP contribution in [0.1, 0.15) is 19.8 Å². The quantitative estimate of drug-likeness (QED) is 0.553. The second-order valence-electron chi connectivity index (χ2n) is 6.89. The van der Waals surface area contributed by atoms with Gasteiger partial charge in [0.2, 0.25) is 0 Å². The molecule has 3 aromatic rings. The average Bonchev–Trinajstić information content (AvgIpc) is 2.75. The molecule has 0 aliphatic heterocycles. The van der Waals surface area contributed by atoms with Gasteiger partial charge in [0.05, 0.1) is 0 Å². The molecule has 0 unspecified atom stereocenters. The van der Waals surface area contributed by atoms with Crippen molar-refractivity contribution in [2.45, 2.75) is 25.9 Å². The van der Waals surface area contributed by atoms with E-state index in [1.165, 1.54) is 5.69 Å². The molecule has 4 heteroatoms. The summed E-state index contributed by atoms with van der Waals surface area (Å²) in [6.45, 7) is 3.48. The maximum atomic E-state index is 12.6. The lowest BCUT2D eigenvalue weighted by Gasteiger charge is -2.21. The minimum Gasteiger partial charge on any atom is -0.480 e. The summed E-state index contributed by atoms with van der Waals surface area (Å²) in [6.07, 6.45) is 1.01. The van der Waals surface area contributed by atoms with Gasteiger partial charge in [-0.25, -0.2) is 0 Å². The number of nitrogens with one attached hydrogen (secondary N) is 1. The lowest BCUT2D eigenvalue weighted by atomic mass is 10.1. The smallest absolute Gasteiger partial charge is 0.261 e. The number of hydrogen-bond acceptors (Lipinski definition) is 3. The Hall–Kier alpha value is -3.01. The summed E-state index contributed by atoms with van der Waals surface area (Å²) in [5.41, 5.74) is 1.18. The molecule has 28 heavy (non-hydrogen) atoms. The molecule has 1 amide bonds. The van der Waals surface area contributed by atoms with Gasteiger partial charge in [0.15, 0.2) is 6.10 Å². The number of nitrogens with zero attached hydrogens (tertiary/aromatic N) is 1. The summed E-state index contributed by atoms with van der Waals surface area (Å²) >= 11 is 0. The number of hydrogen-bond donors (Lipinski definition) is 1. The van der Waals surface area contributed by atoms with E-state index < -0.39 is 6.10 Å². The van der Waals surface area contributed by atoms with Crippen LogP contribution < -0.4 is 15.0 Å². The zero-order valence-electron chi connectivity index (χ0n) is 16.6. The Morgan fingerprint density at radius 3 is 2.50 bits per heavy atom. The van der Waals surface area contributed by atoms with Crippen LogP contribution >= 0.6 is 0 Å². The molecule has 146 valence electrons. The molecule has 0 aliphatic carbocycles. The predicted molar refractivity (Wildman–Crippen MR) is 116 cm³/mol. The maximum absolute atomic E-state index is 12.6. The van der Waals surface area contributed by atoms with E-state index in [4.69, 9.17) is 4.74 Å². The van der Waals surface area contributed by atoms with Crippen molar-refractivity contribution in [3.63, 3.8) is 0 Å². The van der Waals surface area contributed by atoms with Crippen LogP contribution in [0.3, 0.4) is 0 Å². The van der Waals surface area contributed by atoms with Crippen molar-refractivity contribution >= 4 is 22.4 Å². The molecular weight excluding hydrogens is 348 g/mol. The standard InChI is InChI=1S/C24H28N2O2/c1-3-22(28-23-16-9-12-19-11-7-8-15-21(19)23)24(27)25-17-10-18-26(2)20-13-5-4-6-14-20/h4-9,11-16,22H,3,10,17-18H2,1-2H3,(H,25,27)/t22-/m1/s1. The van der Waals surface area contributed by atoms with E-state index in [0.717, 1.165) is 29.5 Å². The summed E-state index contributed by atoms with van der Waals surface area (Å²) in [4.78, 5) is 14.8. The molecule has 1 atom stereocenters. The van der Waals surface area contributed by atoms with E-state index >= 15 is 0 Å².